The van der Waals surface area contributed by atoms with E-state index >= 15 is 0 Å². The largest absolute Gasteiger partial charge is 0.456 e. The number of rotatable bonds is 9. The van der Waals surface area contributed by atoms with Crippen molar-refractivity contribution in [2.24, 2.45) is 0 Å². The molecule has 200 valence electrons. The first-order valence-corrected chi connectivity index (χ1v) is 13.1. The van der Waals surface area contributed by atoms with Crippen LogP contribution in [0.4, 0.5) is 5.82 Å². The van der Waals surface area contributed by atoms with Crippen molar-refractivity contribution in [3.8, 4) is 11.1 Å². The molecule has 3 aromatic rings. The van der Waals surface area contributed by atoms with Gasteiger partial charge in [-0.1, -0.05) is 55.8 Å². The molecule has 38 heavy (non-hydrogen) atoms. The van der Waals surface area contributed by atoms with Crippen LogP contribution in [0.15, 0.2) is 48.5 Å². The number of esters is 1. The van der Waals surface area contributed by atoms with Crippen LogP contribution in [0, 0.1) is 0 Å². The fraction of sp³-hybridized carbons (Fsp3) is 0.400. The van der Waals surface area contributed by atoms with Gasteiger partial charge in [0.2, 0.25) is 11.8 Å². The zero-order chi connectivity index (χ0) is 27.4. The number of carbonyl (C=O) groups is 3. The van der Waals surface area contributed by atoms with Crippen molar-refractivity contribution in [3.05, 3.63) is 71.2 Å². The van der Waals surface area contributed by atoms with Crippen molar-refractivity contribution < 1.29 is 24.2 Å². The minimum Gasteiger partial charge on any atom is -0.456 e. The number of aryl methyl sites for hydroxylation is 1. The average molecular weight is 518 g/mol. The van der Waals surface area contributed by atoms with E-state index in [0.29, 0.717) is 30.0 Å². The lowest BCUT2D eigenvalue weighted by Crippen LogP contribution is -2.32. The van der Waals surface area contributed by atoms with Crippen molar-refractivity contribution in [2.75, 3.05) is 4.90 Å². The Kier molecular flexibility index (Phi) is 8.11. The molecule has 2 amide bonds. The molecule has 2 heterocycles. The first kappa shape index (κ1) is 27.3. The molecule has 0 bridgehead atoms. The summed E-state index contributed by atoms with van der Waals surface area (Å²) < 4.78 is 7.48. The van der Waals surface area contributed by atoms with Gasteiger partial charge in [0.15, 0.2) is 0 Å². The number of aliphatic hydroxyl groups is 1. The van der Waals surface area contributed by atoms with E-state index in [1.807, 2.05) is 67.8 Å². The molecular formula is C30H35N3O5. The summed E-state index contributed by atoms with van der Waals surface area (Å²) in [5, 5.41) is 10.0. The van der Waals surface area contributed by atoms with Crippen molar-refractivity contribution in [2.45, 2.75) is 78.6 Å². The highest BCUT2D eigenvalue weighted by molar-refractivity contribution is 6.19. The number of amides is 2. The third-order valence-corrected chi connectivity index (χ3v) is 6.41. The van der Waals surface area contributed by atoms with Gasteiger partial charge in [-0.3, -0.25) is 9.59 Å². The Bertz CT molecular complexity index is 1320. The van der Waals surface area contributed by atoms with Gasteiger partial charge in [0, 0.05) is 19.3 Å². The molecule has 2 aromatic carbocycles. The second kappa shape index (κ2) is 11.3. The third kappa shape index (κ3) is 5.86. The Labute approximate surface area is 223 Å². The summed E-state index contributed by atoms with van der Waals surface area (Å²) in [5.41, 5.74) is 2.81. The fourth-order valence-electron chi connectivity index (χ4n) is 4.62. The highest BCUT2D eigenvalue weighted by atomic mass is 16.6. The highest BCUT2D eigenvalue weighted by Gasteiger charge is 2.35. The first-order chi connectivity index (χ1) is 18.1. The lowest BCUT2D eigenvalue weighted by atomic mass is 9.98. The number of carbonyl (C=O) groups excluding carboxylic acids is 3. The standard InChI is InChI=1S/C30H35N3O5/c1-5-6-11-25-31-24(19-34)28(33-26(35)16-17-27(33)36)32(25)18-20-12-14-21(15-13-20)22-9-7-8-10-23(22)29(37)38-30(2,3)4/h7-10,12-15,34H,5-6,11,16-19H2,1-4H3. The second-order valence-electron chi connectivity index (χ2n) is 10.5. The average Bonchev–Trinajstić information content (AvgIpc) is 3.39. The van der Waals surface area contributed by atoms with Gasteiger partial charge in [-0.05, 0) is 49.9 Å². The summed E-state index contributed by atoms with van der Waals surface area (Å²) in [6.07, 6.45) is 2.84. The normalized spacial score (nSPS) is 13.9. The number of nitrogens with zero attached hydrogens (tertiary/aromatic N) is 3. The van der Waals surface area contributed by atoms with Gasteiger partial charge in [-0.15, -0.1) is 0 Å². The Morgan fingerprint density at radius 2 is 1.68 bits per heavy atom. The maximum atomic E-state index is 12.8. The molecule has 0 aliphatic carbocycles. The van der Waals surface area contributed by atoms with Gasteiger partial charge in [-0.2, -0.15) is 0 Å². The van der Waals surface area contributed by atoms with Crippen LogP contribution in [0.3, 0.4) is 0 Å². The van der Waals surface area contributed by atoms with Crippen LogP contribution in [-0.4, -0.2) is 38.0 Å². The summed E-state index contributed by atoms with van der Waals surface area (Å²) in [6.45, 7) is 7.63. The van der Waals surface area contributed by atoms with Crippen LogP contribution < -0.4 is 4.90 Å². The number of imide groups is 1. The molecule has 1 saturated heterocycles. The van der Waals surface area contributed by atoms with Crippen LogP contribution in [0.1, 0.15) is 80.8 Å². The Morgan fingerprint density at radius 3 is 2.29 bits per heavy atom. The number of ether oxygens (including phenoxy) is 1. The van der Waals surface area contributed by atoms with Crippen LogP contribution in [0.5, 0.6) is 0 Å². The summed E-state index contributed by atoms with van der Waals surface area (Å²) in [7, 11) is 0. The lowest BCUT2D eigenvalue weighted by molar-refractivity contribution is -0.121. The van der Waals surface area contributed by atoms with Crippen molar-refractivity contribution in [3.63, 3.8) is 0 Å². The number of hydrogen-bond acceptors (Lipinski definition) is 6. The molecular weight excluding hydrogens is 482 g/mol. The van der Waals surface area contributed by atoms with Crippen LogP contribution in [-0.2, 0) is 33.9 Å². The Morgan fingerprint density at radius 1 is 1.03 bits per heavy atom. The summed E-state index contributed by atoms with van der Waals surface area (Å²) in [4.78, 5) is 43.8. The molecule has 0 unspecified atom stereocenters. The monoisotopic (exact) mass is 517 g/mol. The number of imidazole rings is 1. The van der Waals surface area contributed by atoms with Crippen LogP contribution in [0.2, 0.25) is 0 Å². The molecule has 1 aliphatic rings. The zero-order valence-electron chi connectivity index (χ0n) is 22.5. The lowest BCUT2D eigenvalue weighted by Gasteiger charge is -2.21. The van der Waals surface area contributed by atoms with Crippen molar-refractivity contribution >= 4 is 23.6 Å². The molecule has 4 rings (SSSR count). The molecule has 1 fully saturated rings. The smallest absolute Gasteiger partial charge is 0.339 e. The van der Waals surface area contributed by atoms with Crippen LogP contribution in [0.25, 0.3) is 11.1 Å². The zero-order valence-corrected chi connectivity index (χ0v) is 22.5. The SMILES string of the molecule is CCCCc1nc(CO)c(N2C(=O)CCC2=O)n1Cc1ccc(-c2ccccc2C(=O)OC(C)(C)C)cc1. The molecule has 0 radical (unpaired) electrons. The van der Waals surface area contributed by atoms with Gasteiger partial charge < -0.3 is 14.4 Å². The maximum Gasteiger partial charge on any atom is 0.339 e. The summed E-state index contributed by atoms with van der Waals surface area (Å²) in [6, 6.07) is 15.2. The van der Waals surface area contributed by atoms with Crippen molar-refractivity contribution in [1.82, 2.24) is 9.55 Å². The van der Waals surface area contributed by atoms with E-state index in [0.717, 1.165) is 35.4 Å². The Hall–Kier alpha value is -3.78. The highest BCUT2D eigenvalue weighted by Crippen LogP contribution is 2.31. The minimum atomic E-state index is -0.600. The van der Waals surface area contributed by atoms with E-state index < -0.39 is 5.60 Å². The molecule has 8 nitrogen and oxygen atoms in total. The number of benzene rings is 2. The topological polar surface area (TPSA) is 102 Å². The van der Waals surface area contributed by atoms with Crippen molar-refractivity contribution in [1.29, 1.82) is 0 Å². The van der Waals surface area contributed by atoms with E-state index in [4.69, 9.17) is 4.74 Å². The quantitative estimate of drug-likeness (QED) is 0.315. The molecule has 1 aromatic heterocycles. The predicted octanol–water partition coefficient (Wildman–Crippen LogP) is 5.04. The fourth-order valence-corrected chi connectivity index (χ4v) is 4.62. The number of anilines is 1. The Balaban J connectivity index is 1.68. The molecule has 0 atom stereocenters. The van der Waals surface area contributed by atoms with Gasteiger partial charge >= 0.3 is 5.97 Å². The molecule has 1 aliphatic heterocycles. The number of aliphatic hydroxyl groups excluding tert-OH is 1. The van der Waals surface area contributed by atoms with Gasteiger partial charge in [-0.25, -0.2) is 14.7 Å². The number of hydrogen-bond donors (Lipinski definition) is 1. The second-order valence-corrected chi connectivity index (χ2v) is 10.5. The van der Waals surface area contributed by atoms with Gasteiger partial charge in [0.05, 0.1) is 18.7 Å². The maximum absolute atomic E-state index is 12.8. The minimum absolute atomic E-state index is 0.158. The van der Waals surface area contributed by atoms with E-state index in [1.165, 1.54) is 4.90 Å². The van der Waals surface area contributed by atoms with E-state index in [-0.39, 0.29) is 37.2 Å². The molecule has 0 saturated carbocycles. The summed E-state index contributed by atoms with van der Waals surface area (Å²) >= 11 is 0. The predicted molar refractivity (Wildman–Crippen MR) is 145 cm³/mol. The van der Waals surface area contributed by atoms with Gasteiger partial charge in [0.1, 0.15) is 22.9 Å². The first-order valence-electron chi connectivity index (χ1n) is 13.1. The van der Waals surface area contributed by atoms with Gasteiger partial charge in [0.25, 0.3) is 0 Å². The number of aromatic nitrogens is 2. The van der Waals surface area contributed by atoms with Crippen LogP contribution >= 0.6 is 0 Å². The number of unbranched alkanes of at least 4 members (excludes halogenated alkanes) is 1. The van der Waals surface area contributed by atoms with E-state index in [9.17, 15) is 19.5 Å². The molecule has 8 heteroatoms. The summed E-state index contributed by atoms with van der Waals surface area (Å²) in [5.74, 6) is 0.171. The van der Waals surface area contributed by atoms with E-state index in [1.54, 1.807) is 6.07 Å². The molecule has 0 spiro atoms. The van der Waals surface area contributed by atoms with E-state index in [2.05, 4.69) is 11.9 Å². The third-order valence-electron chi connectivity index (χ3n) is 6.41. The molecule has 1 N–H and O–H groups in total.